The first kappa shape index (κ1) is 23.4. The van der Waals surface area contributed by atoms with Crippen LogP contribution in [0.15, 0.2) is 52.5 Å². The first-order valence-corrected chi connectivity index (χ1v) is 10.9. The number of anilines is 1. The van der Waals surface area contributed by atoms with E-state index in [-0.39, 0.29) is 11.2 Å². The summed E-state index contributed by atoms with van der Waals surface area (Å²) in [6.45, 7) is 4.71. The number of aryl methyl sites for hydroxylation is 1. The number of benzene rings is 2. The number of halogens is 2. The summed E-state index contributed by atoms with van der Waals surface area (Å²) in [7, 11) is 0. The molecule has 0 bridgehead atoms. The molecule has 2 heterocycles. The van der Waals surface area contributed by atoms with Crippen molar-refractivity contribution in [1.82, 2.24) is 9.47 Å². The van der Waals surface area contributed by atoms with Gasteiger partial charge in [0.1, 0.15) is 22.9 Å². The van der Waals surface area contributed by atoms with Crippen LogP contribution in [0, 0.1) is 11.6 Å². The molecule has 1 aliphatic rings. The third kappa shape index (κ3) is 4.49. The summed E-state index contributed by atoms with van der Waals surface area (Å²) in [5.41, 5.74) is 0.738. The van der Waals surface area contributed by atoms with Crippen LogP contribution in [0.25, 0.3) is 10.9 Å². The number of carboxylic acids is 1. The Bertz CT molecular complexity index is 1310. The monoisotopic (exact) mass is 470 g/mol. The molecule has 2 aromatic carbocycles. The molecule has 0 atom stereocenters. The van der Waals surface area contributed by atoms with Gasteiger partial charge in [0.25, 0.3) is 0 Å². The van der Waals surface area contributed by atoms with Gasteiger partial charge in [-0.15, -0.1) is 0 Å². The van der Waals surface area contributed by atoms with Crippen molar-refractivity contribution in [3.8, 4) is 0 Å². The van der Waals surface area contributed by atoms with Gasteiger partial charge in [0.05, 0.1) is 11.2 Å². The van der Waals surface area contributed by atoms with Crippen LogP contribution in [-0.4, -0.2) is 64.2 Å². The zero-order valence-electron chi connectivity index (χ0n) is 18.5. The van der Waals surface area contributed by atoms with Crippen molar-refractivity contribution >= 4 is 28.3 Å². The zero-order chi connectivity index (χ0) is 24.4. The second-order valence-corrected chi connectivity index (χ2v) is 8.10. The van der Waals surface area contributed by atoms with Gasteiger partial charge in [-0.05, 0) is 31.2 Å². The average molecular weight is 470 g/mol. The average Bonchev–Trinajstić information content (AvgIpc) is 2.83. The van der Waals surface area contributed by atoms with Gasteiger partial charge in [-0.2, -0.15) is 0 Å². The lowest BCUT2D eigenvalue weighted by Crippen LogP contribution is -2.48. The summed E-state index contributed by atoms with van der Waals surface area (Å²) in [4.78, 5) is 27.9. The minimum atomic E-state index is -1.35. The van der Waals surface area contributed by atoms with E-state index in [1.807, 2.05) is 11.8 Å². The van der Waals surface area contributed by atoms with Gasteiger partial charge in [-0.1, -0.05) is 17.3 Å². The van der Waals surface area contributed by atoms with E-state index < -0.39 is 22.8 Å². The molecule has 34 heavy (non-hydrogen) atoms. The normalized spacial score (nSPS) is 15.1. The van der Waals surface area contributed by atoms with E-state index in [1.54, 1.807) is 22.8 Å². The first-order valence-electron chi connectivity index (χ1n) is 10.9. The number of hydrogen-bond donors (Lipinski definition) is 2. The maximum absolute atomic E-state index is 15.0. The number of hydrogen-bond acceptors (Lipinski definition) is 6. The lowest BCUT2D eigenvalue weighted by molar-refractivity contribution is 0.0695. The number of piperazine rings is 1. The molecule has 2 N–H and O–H groups in total. The third-order valence-corrected chi connectivity index (χ3v) is 6.10. The van der Waals surface area contributed by atoms with Crippen LogP contribution in [0.1, 0.15) is 22.8 Å². The predicted octanol–water partition coefficient (Wildman–Crippen LogP) is 3.00. The van der Waals surface area contributed by atoms with Crippen molar-refractivity contribution in [3.63, 3.8) is 0 Å². The number of oxime groups is 1. The summed E-state index contributed by atoms with van der Waals surface area (Å²) in [6.07, 6.45) is 1.29. The van der Waals surface area contributed by atoms with Crippen LogP contribution >= 0.6 is 0 Å². The predicted molar refractivity (Wildman–Crippen MR) is 124 cm³/mol. The molecule has 0 saturated carbocycles. The summed E-state index contributed by atoms with van der Waals surface area (Å²) < 4.78 is 29.8. The molecule has 0 aliphatic carbocycles. The van der Waals surface area contributed by atoms with Gasteiger partial charge in [0.2, 0.25) is 5.43 Å². The smallest absolute Gasteiger partial charge is 0.341 e. The van der Waals surface area contributed by atoms with Crippen LogP contribution in [0.4, 0.5) is 14.5 Å². The van der Waals surface area contributed by atoms with E-state index in [0.29, 0.717) is 61.7 Å². The van der Waals surface area contributed by atoms with Gasteiger partial charge >= 0.3 is 5.97 Å². The zero-order valence-corrected chi connectivity index (χ0v) is 18.5. The maximum Gasteiger partial charge on any atom is 0.341 e. The van der Waals surface area contributed by atoms with Crippen molar-refractivity contribution in [3.05, 3.63) is 75.6 Å². The van der Waals surface area contributed by atoms with Crippen LogP contribution in [0.3, 0.4) is 0 Å². The number of carbonyl (C=O) groups is 1. The van der Waals surface area contributed by atoms with E-state index in [2.05, 4.69) is 10.1 Å². The van der Waals surface area contributed by atoms with Crippen molar-refractivity contribution in [2.75, 3.05) is 37.6 Å². The number of aromatic nitrogens is 1. The molecule has 1 aromatic heterocycles. The number of nitrogens with zero attached hydrogens (tertiary/aromatic N) is 4. The number of fused-ring (bicyclic) bond motifs is 1. The molecule has 3 aromatic rings. The van der Waals surface area contributed by atoms with Gasteiger partial charge in [-0.25, -0.2) is 13.6 Å². The van der Waals surface area contributed by atoms with E-state index in [4.69, 9.17) is 0 Å². The van der Waals surface area contributed by atoms with E-state index in [0.717, 1.165) is 6.07 Å². The van der Waals surface area contributed by atoms with Crippen LogP contribution in [0.2, 0.25) is 0 Å². The van der Waals surface area contributed by atoms with Gasteiger partial charge < -0.3 is 19.8 Å². The molecule has 178 valence electrons. The lowest BCUT2D eigenvalue weighted by Gasteiger charge is -2.36. The Kier molecular flexibility index (Phi) is 6.60. The van der Waals surface area contributed by atoms with E-state index in [9.17, 15) is 24.3 Å². The standard InChI is InChI=1S/C24H24F2N4O4/c1-2-29-13-18(24(32)33)23(31)17-11-19(26)22(12-21(17)29)30-9-7-28(8-10-30)14-20(27-34)15-3-5-16(25)6-4-15/h3-6,11-13,34H,2,7-10,14H2,1H3,(H,32,33)/b27-20+. The number of pyridine rings is 1. The molecule has 0 radical (unpaired) electrons. The Labute approximate surface area is 193 Å². The molecule has 8 nitrogen and oxygen atoms in total. The largest absolute Gasteiger partial charge is 0.477 e. The second-order valence-electron chi connectivity index (χ2n) is 8.10. The number of aromatic carboxylic acids is 1. The van der Waals surface area contributed by atoms with Gasteiger partial charge in [-0.3, -0.25) is 9.69 Å². The SMILES string of the molecule is CCn1cc(C(=O)O)c(=O)c2cc(F)c(N3CCN(C/C(=N\O)c4ccc(F)cc4)CC3)cc21. The summed E-state index contributed by atoms with van der Waals surface area (Å²) in [6, 6.07) is 8.41. The highest BCUT2D eigenvalue weighted by Crippen LogP contribution is 2.26. The topological polar surface area (TPSA) is 98.4 Å². The van der Waals surface area contributed by atoms with Gasteiger partial charge in [0, 0.05) is 56.4 Å². The number of rotatable bonds is 6. The Balaban J connectivity index is 1.54. The molecular weight excluding hydrogens is 446 g/mol. The van der Waals surface area contributed by atoms with Crippen molar-refractivity contribution < 1.29 is 23.9 Å². The number of carboxylic acid groups (broad SMARTS) is 1. The molecule has 1 fully saturated rings. The molecule has 10 heteroatoms. The third-order valence-electron chi connectivity index (χ3n) is 6.10. The van der Waals surface area contributed by atoms with Crippen LogP contribution in [0.5, 0.6) is 0 Å². The molecule has 0 amide bonds. The summed E-state index contributed by atoms with van der Waals surface area (Å²) in [5.74, 6) is -2.31. The fourth-order valence-electron chi connectivity index (χ4n) is 4.24. The second kappa shape index (κ2) is 9.60. The Morgan fingerprint density at radius 2 is 1.76 bits per heavy atom. The highest BCUT2D eigenvalue weighted by molar-refractivity contribution is 6.01. The minimum absolute atomic E-state index is 0.0322. The molecule has 0 unspecified atom stereocenters. The summed E-state index contributed by atoms with van der Waals surface area (Å²) >= 11 is 0. The lowest BCUT2D eigenvalue weighted by atomic mass is 10.1. The first-order chi connectivity index (χ1) is 16.3. The fourth-order valence-corrected chi connectivity index (χ4v) is 4.24. The Morgan fingerprint density at radius 1 is 1.09 bits per heavy atom. The van der Waals surface area contributed by atoms with Crippen LogP contribution < -0.4 is 10.3 Å². The summed E-state index contributed by atoms with van der Waals surface area (Å²) in [5, 5.41) is 22.1. The molecule has 1 aliphatic heterocycles. The molecular formula is C24H24F2N4O4. The highest BCUT2D eigenvalue weighted by Gasteiger charge is 2.23. The molecule has 4 rings (SSSR count). The Morgan fingerprint density at radius 3 is 2.35 bits per heavy atom. The van der Waals surface area contributed by atoms with Crippen molar-refractivity contribution in [2.24, 2.45) is 5.16 Å². The molecule has 0 spiro atoms. The Hall–Kier alpha value is -3.79. The maximum atomic E-state index is 15.0. The minimum Gasteiger partial charge on any atom is -0.477 e. The van der Waals surface area contributed by atoms with Gasteiger partial charge in [0.15, 0.2) is 0 Å². The van der Waals surface area contributed by atoms with E-state index >= 15 is 4.39 Å². The quantitative estimate of drug-likeness (QED) is 0.327. The highest BCUT2D eigenvalue weighted by atomic mass is 19.1. The fraction of sp³-hybridized carbons (Fsp3) is 0.292. The van der Waals surface area contributed by atoms with Crippen LogP contribution in [-0.2, 0) is 6.54 Å². The van der Waals surface area contributed by atoms with E-state index in [1.165, 1.54) is 18.3 Å². The molecule has 1 saturated heterocycles. The van der Waals surface area contributed by atoms with Crippen molar-refractivity contribution in [2.45, 2.75) is 13.5 Å². The van der Waals surface area contributed by atoms with Crippen molar-refractivity contribution in [1.29, 1.82) is 0 Å².